The smallest absolute Gasteiger partial charge is 0.408 e. The third-order valence-corrected chi connectivity index (χ3v) is 7.49. The van der Waals surface area contributed by atoms with E-state index in [1.165, 1.54) is 11.3 Å². The summed E-state index contributed by atoms with van der Waals surface area (Å²) < 4.78 is 11.6. The number of nitrogens with zero attached hydrogens (tertiary/aromatic N) is 2. The number of amides is 3. The lowest BCUT2D eigenvalue weighted by Gasteiger charge is -2.29. The number of alkyl carbamates (subject to hydrolysis) is 1. The number of aromatic nitrogens is 1. The van der Waals surface area contributed by atoms with Gasteiger partial charge < -0.3 is 30.7 Å². The van der Waals surface area contributed by atoms with Crippen molar-refractivity contribution in [3.8, 4) is 5.75 Å². The van der Waals surface area contributed by atoms with Gasteiger partial charge in [-0.05, 0) is 63.4 Å². The van der Waals surface area contributed by atoms with Crippen LogP contribution in [0.25, 0.3) is 10.1 Å². The monoisotopic (exact) mass is 553 g/mol. The van der Waals surface area contributed by atoms with E-state index in [9.17, 15) is 14.4 Å². The number of methoxy groups -OCH3 is 1. The van der Waals surface area contributed by atoms with Crippen molar-refractivity contribution in [3.63, 3.8) is 0 Å². The fourth-order valence-electron chi connectivity index (χ4n) is 4.57. The molecular formula is C28H35N5O5S. The second kappa shape index (κ2) is 11.9. The molecule has 39 heavy (non-hydrogen) atoms. The number of nitrogen functional groups attached to an aromatic ring is 1. The summed E-state index contributed by atoms with van der Waals surface area (Å²) in [5.41, 5.74) is 6.08. The Morgan fingerprint density at radius 3 is 2.62 bits per heavy atom. The van der Waals surface area contributed by atoms with E-state index in [4.69, 9.17) is 15.2 Å². The van der Waals surface area contributed by atoms with Crippen LogP contribution in [0, 0.1) is 0 Å². The first-order valence-electron chi connectivity index (χ1n) is 12.9. The number of benzene rings is 1. The minimum absolute atomic E-state index is 0.232. The van der Waals surface area contributed by atoms with Crippen molar-refractivity contribution in [1.82, 2.24) is 20.5 Å². The van der Waals surface area contributed by atoms with Gasteiger partial charge in [0, 0.05) is 34.1 Å². The highest BCUT2D eigenvalue weighted by molar-refractivity contribution is 7.19. The standard InChI is InChI=1S/C28H35N5O5S/c1-28(2,3)38-27(36)32-21(14-17-7-9-18(37-4)10-8-17)26(35)33-13-5-6-22(33)25(34)31-16-19-15-20-23(39-19)11-12-30-24(20)29/h7-12,15,21-22H,5-6,13-14,16H2,1-4H3,(H2,29,30)(H,31,34)(H,32,36)/t21-,22+/m1/s1. The number of carbonyl (C=O) groups is 3. The Bertz CT molecular complexity index is 1330. The molecule has 4 N–H and O–H groups in total. The molecule has 1 aromatic carbocycles. The molecule has 3 heterocycles. The van der Waals surface area contributed by atoms with E-state index < -0.39 is 23.8 Å². The first kappa shape index (κ1) is 28.2. The summed E-state index contributed by atoms with van der Waals surface area (Å²) in [6.45, 7) is 6.03. The Morgan fingerprint density at radius 1 is 1.21 bits per heavy atom. The number of hydrogen-bond donors (Lipinski definition) is 3. The number of nitrogens with two attached hydrogens (primary N) is 1. The lowest BCUT2D eigenvalue weighted by Crippen LogP contribution is -2.54. The summed E-state index contributed by atoms with van der Waals surface area (Å²) in [6, 6.07) is 9.57. The molecule has 0 bridgehead atoms. The van der Waals surface area contributed by atoms with E-state index in [2.05, 4.69) is 15.6 Å². The normalized spacial score (nSPS) is 16.1. The summed E-state index contributed by atoms with van der Waals surface area (Å²) >= 11 is 1.54. The van der Waals surface area contributed by atoms with Crippen LogP contribution < -0.4 is 21.1 Å². The Labute approximate surface area is 231 Å². The van der Waals surface area contributed by atoms with Crippen LogP contribution in [0.1, 0.15) is 44.1 Å². The van der Waals surface area contributed by atoms with Gasteiger partial charge in [-0.2, -0.15) is 0 Å². The molecule has 0 unspecified atom stereocenters. The number of rotatable bonds is 8. The lowest BCUT2D eigenvalue weighted by atomic mass is 10.0. The molecule has 3 amide bonds. The maximum absolute atomic E-state index is 13.8. The van der Waals surface area contributed by atoms with Gasteiger partial charge in [-0.25, -0.2) is 9.78 Å². The zero-order valence-electron chi connectivity index (χ0n) is 22.7. The van der Waals surface area contributed by atoms with Crippen molar-refractivity contribution < 1.29 is 23.9 Å². The largest absolute Gasteiger partial charge is 0.497 e. The number of thiophene rings is 1. The molecule has 3 aromatic rings. The molecule has 1 aliphatic heterocycles. The first-order valence-corrected chi connectivity index (χ1v) is 13.7. The fourth-order valence-corrected chi connectivity index (χ4v) is 5.57. The average Bonchev–Trinajstić information content (AvgIpc) is 3.54. The molecule has 2 atom stereocenters. The maximum atomic E-state index is 13.8. The van der Waals surface area contributed by atoms with Gasteiger partial charge in [0.15, 0.2) is 0 Å². The average molecular weight is 554 g/mol. The van der Waals surface area contributed by atoms with Crippen molar-refractivity contribution in [2.45, 2.75) is 64.3 Å². The van der Waals surface area contributed by atoms with Crippen LogP contribution in [0.4, 0.5) is 10.6 Å². The molecule has 0 radical (unpaired) electrons. The number of fused-ring (bicyclic) bond motifs is 1. The van der Waals surface area contributed by atoms with Gasteiger partial charge in [-0.15, -0.1) is 11.3 Å². The summed E-state index contributed by atoms with van der Waals surface area (Å²) in [7, 11) is 1.58. The fraction of sp³-hybridized carbons (Fsp3) is 0.429. The SMILES string of the molecule is COc1ccc(C[C@@H](NC(=O)OC(C)(C)C)C(=O)N2CCC[C@H]2C(=O)NCc2cc3c(N)nccc3s2)cc1. The Balaban J connectivity index is 1.46. The number of nitrogens with one attached hydrogen (secondary N) is 2. The topological polar surface area (TPSA) is 136 Å². The summed E-state index contributed by atoms with van der Waals surface area (Å²) in [5, 5.41) is 6.56. The Kier molecular flexibility index (Phi) is 8.59. The van der Waals surface area contributed by atoms with Gasteiger partial charge in [-0.3, -0.25) is 9.59 Å². The van der Waals surface area contributed by atoms with E-state index >= 15 is 0 Å². The summed E-state index contributed by atoms with van der Waals surface area (Å²) in [6.07, 6.45) is 2.45. The first-order chi connectivity index (χ1) is 18.5. The van der Waals surface area contributed by atoms with E-state index in [0.29, 0.717) is 37.5 Å². The van der Waals surface area contributed by atoms with Crippen molar-refractivity contribution >= 4 is 45.1 Å². The van der Waals surface area contributed by atoms with Crippen molar-refractivity contribution in [2.75, 3.05) is 19.4 Å². The number of ether oxygens (including phenoxy) is 2. The molecular weight excluding hydrogens is 518 g/mol. The van der Waals surface area contributed by atoms with Crippen LogP contribution in [0.5, 0.6) is 5.75 Å². The van der Waals surface area contributed by atoms with Crippen molar-refractivity contribution in [2.24, 2.45) is 0 Å². The molecule has 0 aliphatic carbocycles. The van der Waals surface area contributed by atoms with Crippen LogP contribution in [-0.2, 0) is 27.3 Å². The van der Waals surface area contributed by atoms with E-state index in [1.54, 1.807) is 51.1 Å². The van der Waals surface area contributed by atoms with Crippen LogP contribution in [0.2, 0.25) is 0 Å². The molecule has 1 saturated heterocycles. The Hall–Kier alpha value is -3.86. The van der Waals surface area contributed by atoms with Crippen molar-refractivity contribution in [3.05, 3.63) is 53.0 Å². The van der Waals surface area contributed by atoms with Crippen LogP contribution in [-0.4, -0.2) is 59.1 Å². The second-order valence-electron chi connectivity index (χ2n) is 10.5. The predicted octanol–water partition coefficient (Wildman–Crippen LogP) is 3.63. The quantitative estimate of drug-likeness (QED) is 0.388. The van der Waals surface area contributed by atoms with Gasteiger partial charge in [0.25, 0.3) is 0 Å². The zero-order valence-corrected chi connectivity index (χ0v) is 23.5. The highest BCUT2D eigenvalue weighted by Crippen LogP contribution is 2.28. The molecule has 208 valence electrons. The maximum Gasteiger partial charge on any atom is 0.408 e. The molecule has 1 fully saturated rings. The third-order valence-electron chi connectivity index (χ3n) is 6.39. The number of likely N-dealkylation sites (tertiary alicyclic amines) is 1. The highest BCUT2D eigenvalue weighted by atomic mass is 32.1. The van der Waals surface area contributed by atoms with Gasteiger partial charge >= 0.3 is 6.09 Å². The van der Waals surface area contributed by atoms with Crippen molar-refractivity contribution in [1.29, 1.82) is 0 Å². The van der Waals surface area contributed by atoms with Gasteiger partial charge in [0.2, 0.25) is 11.8 Å². The summed E-state index contributed by atoms with van der Waals surface area (Å²) in [4.78, 5) is 46.2. The van der Waals surface area contributed by atoms with E-state index in [-0.39, 0.29) is 18.2 Å². The number of anilines is 1. The van der Waals surface area contributed by atoms with Gasteiger partial charge in [0.1, 0.15) is 29.3 Å². The number of carbonyl (C=O) groups excluding carboxylic acids is 3. The number of pyridine rings is 1. The second-order valence-corrected chi connectivity index (χ2v) is 11.6. The minimum atomic E-state index is -0.903. The molecule has 11 heteroatoms. The molecule has 0 spiro atoms. The minimum Gasteiger partial charge on any atom is -0.497 e. The molecule has 1 aliphatic rings. The third kappa shape index (κ3) is 7.17. The number of hydrogen-bond acceptors (Lipinski definition) is 8. The molecule has 0 saturated carbocycles. The van der Waals surface area contributed by atoms with E-state index in [0.717, 1.165) is 20.5 Å². The zero-order chi connectivity index (χ0) is 28.2. The molecule has 10 nitrogen and oxygen atoms in total. The summed E-state index contributed by atoms with van der Waals surface area (Å²) in [5.74, 6) is 0.588. The van der Waals surface area contributed by atoms with Gasteiger partial charge in [0.05, 0.1) is 13.7 Å². The highest BCUT2D eigenvalue weighted by Gasteiger charge is 2.38. The lowest BCUT2D eigenvalue weighted by molar-refractivity contribution is -0.140. The Morgan fingerprint density at radius 2 is 1.95 bits per heavy atom. The molecule has 2 aromatic heterocycles. The predicted molar refractivity (Wildman–Crippen MR) is 150 cm³/mol. The van der Waals surface area contributed by atoms with Crippen LogP contribution in [0.15, 0.2) is 42.6 Å². The van der Waals surface area contributed by atoms with Crippen LogP contribution in [0.3, 0.4) is 0 Å². The van der Waals surface area contributed by atoms with Crippen LogP contribution >= 0.6 is 11.3 Å². The molecule has 4 rings (SSSR count). The van der Waals surface area contributed by atoms with E-state index in [1.807, 2.05) is 24.3 Å². The van der Waals surface area contributed by atoms with Gasteiger partial charge in [-0.1, -0.05) is 12.1 Å².